The van der Waals surface area contributed by atoms with Gasteiger partial charge in [-0.05, 0) is 28.7 Å². The number of halogens is 2. The molecule has 0 aliphatic carbocycles. The van der Waals surface area contributed by atoms with E-state index < -0.39 is 0 Å². The summed E-state index contributed by atoms with van der Waals surface area (Å²) in [5.74, 6) is 0.0984. The number of hydrogen-bond donors (Lipinski definition) is 1. The van der Waals surface area contributed by atoms with Crippen LogP contribution in [-0.4, -0.2) is 36.5 Å². The van der Waals surface area contributed by atoms with Crippen molar-refractivity contribution in [3.63, 3.8) is 0 Å². The van der Waals surface area contributed by atoms with Crippen molar-refractivity contribution in [2.75, 3.05) is 32.7 Å². The van der Waals surface area contributed by atoms with Gasteiger partial charge >= 0.3 is 0 Å². The first-order valence-corrected chi connectivity index (χ1v) is 6.89. The average molecular weight is 379 g/mol. The first-order valence-electron chi connectivity index (χ1n) is 5.81. The summed E-state index contributed by atoms with van der Waals surface area (Å²) >= 11 is 1.93. The lowest BCUT2D eigenvalue weighted by Crippen LogP contribution is -2.11. The van der Waals surface area contributed by atoms with E-state index in [1.807, 2.05) is 22.6 Å². The number of hydrogen-bond acceptors (Lipinski definition) is 4. The number of ether oxygens (including phenoxy) is 2. The molecule has 1 aromatic carbocycles. The van der Waals surface area contributed by atoms with Crippen LogP contribution < -0.4 is 5.73 Å². The number of nitrogen functional groups attached to an aromatic ring is 1. The molecule has 2 aromatic rings. The normalized spacial score (nSPS) is 11.3. The smallest absolute Gasteiger partial charge is 0.201 e. The fourth-order valence-electron chi connectivity index (χ4n) is 1.77. The summed E-state index contributed by atoms with van der Waals surface area (Å²) in [5, 5.41) is 0. The quantitative estimate of drug-likeness (QED) is 0.617. The lowest BCUT2D eigenvalue weighted by atomic mass is 10.3. The molecule has 0 saturated carbocycles. The molecule has 19 heavy (non-hydrogen) atoms. The van der Waals surface area contributed by atoms with E-state index in [1.54, 1.807) is 17.7 Å². The molecule has 0 aliphatic heterocycles. The van der Waals surface area contributed by atoms with Crippen LogP contribution in [0.4, 0.5) is 10.3 Å². The molecule has 0 saturated heterocycles. The van der Waals surface area contributed by atoms with Crippen LogP contribution in [0.5, 0.6) is 0 Å². The van der Waals surface area contributed by atoms with E-state index in [9.17, 15) is 4.39 Å². The third kappa shape index (κ3) is 3.34. The Morgan fingerprint density at radius 1 is 1.37 bits per heavy atom. The van der Waals surface area contributed by atoms with Crippen LogP contribution in [0.2, 0.25) is 0 Å². The second kappa shape index (κ2) is 6.49. The van der Waals surface area contributed by atoms with Gasteiger partial charge in [-0.3, -0.25) is 0 Å². The minimum Gasteiger partial charge on any atom is -0.382 e. The Kier molecular flexibility index (Phi) is 4.94. The van der Waals surface area contributed by atoms with Crippen LogP contribution in [0.25, 0.3) is 11.0 Å². The van der Waals surface area contributed by atoms with Gasteiger partial charge in [0.1, 0.15) is 5.82 Å². The highest BCUT2D eigenvalue weighted by Gasteiger charge is 2.11. The van der Waals surface area contributed by atoms with Gasteiger partial charge < -0.3 is 19.8 Å². The molecule has 7 heteroatoms. The molecule has 0 spiro atoms. The van der Waals surface area contributed by atoms with Gasteiger partial charge in [0, 0.05) is 19.7 Å². The lowest BCUT2D eigenvalue weighted by molar-refractivity contribution is 0.0671. The highest BCUT2D eigenvalue weighted by atomic mass is 127. The summed E-state index contributed by atoms with van der Waals surface area (Å²) in [6.07, 6.45) is 0. The zero-order chi connectivity index (χ0) is 13.8. The maximum Gasteiger partial charge on any atom is 0.201 e. The summed E-state index contributed by atoms with van der Waals surface area (Å²) in [5.41, 5.74) is 7.22. The van der Waals surface area contributed by atoms with Gasteiger partial charge in [0.25, 0.3) is 0 Å². The summed E-state index contributed by atoms with van der Waals surface area (Å²) in [4.78, 5) is 4.22. The van der Waals surface area contributed by atoms with Crippen molar-refractivity contribution >= 4 is 39.6 Å². The number of aromatic nitrogens is 2. The predicted molar refractivity (Wildman–Crippen MR) is 79.5 cm³/mol. The maximum atomic E-state index is 13.6. The number of benzene rings is 1. The zero-order valence-corrected chi connectivity index (χ0v) is 12.7. The predicted octanol–water partition coefficient (Wildman–Crippen LogP) is 2.03. The zero-order valence-electron chi connectivity index (χ0n) is 10.5. The van der Waals surface area contributed by atoms with Gasteiger partial charge in [0.2, 0.25) is 5.95 Å². The molecule has 0 aliphatic rings. The van der Waals surface area contributed by atoms with Gasteiger partial charge in [-0.2, -0.15) is 0 Å². The van der Waals surface area contributed by atoms with E-state index in [-0.39, 0.29) is 5.82 Å². The summed E-state index contributed by atoms with van der Waals surface area (Å²) in [6.45, 7) is 2.08. The number of nitrogens with two attached hydrogens (primary N) is 1. The standard InChI is InChI=1S/C12H15FIN3O2/c1-18-4-5-19-3-2-17-11-6-8(13)9(14)7-10(11)16-12(17)15/h6-7H,2-5H2,1H3,(H2,15,16). The van der Waals surface area contributed by atoms with Gasteiger partial charge in [0.15, 0.2) is 0 Å². The molecule has 104 valence electrons. The second-order valence-corrected chi connectivity index (χ2v) is 5.14. The average Bonchev–Trinajstić information content (AvgIpc) is 2.66. The maximum absolute atomic E-state index is 13.6. The van der Waals surface area contributed by atoms with Crippen molar-refractivity contribution in [3.05, 3.63) is 21.5 Å². The van der Waals surface area contributed by atoms with E-state index in [0.717, 1.165) is 0 Å². The summed E-state index contributed by atoms with van der Waals surface area (Å²) < 4.78 is 26.1. The van der Waals surface area contributed by atoms with E-state index in [1.165, 1.54) is 6.07 Å². The molecule has 1 heterocycles. The van der Waals surface area contributed by atoms with Gasteiger partial charge in [-0.25, -0.2) is 9.37 Å². The number of rotatable bonds is 6. The summed E-state index contributed by atoms with van der Waals surface area (Å²) in [6, 6.07) is 3.14. The SMILES string of the molecule is COCCOCCn1c(N)nc2cc(I)c(F)cc21. The van der Waals surface area contributed by atoms with Crippen molar-refractivity contribution < 1.29 is 13.9 Å². The van der Waals surface area contributed by atoms with Crippen molar-refractivity contribution in [1.82, 2.24) is 9.55 Å². The minimum absolute atomic E-state index is 0.269. The van der Waals surface area contributed by atoms with E-state index in [2.05, 4.69) is 4.98 Å². The molecule has 0 unspecified atom stereocenters. The monoisotopic (exact) mass is 379 g/mol. The highest BCUT2D eigenvalue weighted by Crippen LogP contribution is 2.22. The Hall–Kier alpha value is -0.930. The first kappa shape index (κ1) is 14.5. The number of fused-ring (bicyclic) bond motifs is 1. The lowest BCUT2D eigenvalue weighted by Gasteiger charge is -2.07. The fourth-order valence-corrected chi connectivity index (χ4v) is 2.22. The van der Waals surface area contributed by atoms with Gasteiger partial charge in [-0.1, -0.05) is 0 Å². The Labute approximate surface area is 124 Å². The highest BCUT2D eigenvalue weighted by molar-refractivity contribution is 14.1. The van der Waals surface area contributed by atoms with Crippen LogP contribution in [0.1, 0.15) is 0 Å². The van der Waals surface area contributed by atoms with Crippen LogP contribution in [0.3, 0.4) is 0 Å². The summed E-state index contributed by atoms with van der Waals surface area (Å²) in [7, 11) is 1.62. The Morgan fingerprint density at radius 3 is 2.89 bits per heavy atom. The molecule has 5 nitrogen and oxygen atoms in total. The van der Waals surface area contributed by atoms with Crippen molar-refractivity contribution in [1.29, 1.82) is 0 Å². The molecule has 2 N–H and O–H groups in total. The Bertz CT molecular complexity index is 574. The second-order valence-electron chi connectivity index (χ2n) is 3.98. The molecule has 0 amide bonds. The van der Waals surface area contributed by atoms with Crippen LogP contribution in [-0.2, 0) is 16.0 Å². The third-order valence-corrected chi connectivity index (χ3v) is 3.54. The Morgan fingerprint density at radius 2 is 2.16 bits per heavy atom. The van der Waals surface area contributed by atoms with Crippen molar-refractivity contribution in [2.45, 2.75) is 6.54 Å². The van der Waals surface area contributed by atoms with Crippen LogP contribution in [0.15, 0.2) is 12.1 Å². The van der Waals surface area contributed by atoms with Crippen LogP contribution in [0, 0.1) is 9.39 Å². The van der Waals surface area contributed by atoms with E-state index in [4.69, 9.17) is 15.2 Å². The first-order chi connectivity index (χ1) is 9.13. The molecular formula is C12H15FIN3O2. The molecule has 0 radical (unpaired) electrons. The fraction of sp³-hybridized carbons (Fsp3) is 0.417. The number of anilines is 1. The number of nitrogens with zero attached hydrogens (tertiary/aromatic N) is 2. The van der Waals surface area contributed by atoms with Crippen molar-refractivity contribution in [2.24, 2.45) is 0 Å². The topological polar surface area (TPSA) is 62.3 Å². The molecule has 1 aromatic heterocycles. The van der Waals surface area contributed by atoms with E-state index in [0.29, 0.717) is 46.9 Å². The molecule has 0 bridgehead atoms. The molecule has 0 fully saturated rings. The van der Waals surface area contributed by atoms with Crippen molar-refractivity contribution in [3.8, 4) is 0 Å². The van der Waals surface area contributed by atoms with Gasteiger partial charge in [0.05, 0.1) is 34.4 Å². The largest absolute Gasteiger partial charge is 0.382 e. The van der Waals surface area contributed by atoms with Gasteiger partial charge in [-0.15, -0.1) is 0 Å². The third-order valence-electron chi connectivity index (χ3n) is 2.71. The number of methoxy groups -OCH3 is 1. The molecule has 2 rings (SSSR count). The minimum atomic E-state index is -0.269. The number of imidazole rings is 1. The Balaban J connectivity index is 2.13. The van der Waals surface area contributed by atoms with Crippen LogP contribution >= 0.6 is 22.6 Å². The molecular weight excluding hydrogens is 364 g/mol. The molecule has 0 atom stereocenters. The van der Waals surface area contributed by atoms with E-state index >= 15 is 0 Å².